The number of carbonyl (C=O) groups excluding carboxylic acids is 1. The summed E-state index contributed by atoms with van der Waals surface area (Å²) < 4.78 is 0. The number of anilines is 1. The van der Waals surface area contributed by atoms with Crippen LogP contribution in [0.2, 0.25) is 5.02 Å². The lowest BCUT2D eigenvalue weighted by molar-refractivity contribution is -0.137. The lowest BCUT2D eigenvalue weighted by Crippen LogP contribution is -2.03. The van der Waals surface area contributed by atoms with Crippen molar-refractivity contribution in [2.24, 2.45) is 0 Å². The first-order chi connectivity index (χ1) is 11.4. The molecule has 5 nitrogen and oxygen atoms in total. The Kier molecular flexibility index (Phi) is 4.20. The molecular weight excluding hydrogens is 328 g/mol. The Morgan fingerprint density at radius 2 is 2.08 bits per heavy atom. The molecule has 0 atom stereocenters. The van der Waals surface area contributed by atoms with Crippen LogP contribution in [-0.4, -0.2) is 22.0 Å². The number of H-pyrrole nitrogens is 1. The standard InChI is InChI=1S/C18H17ClN2O3/c1-9-11(6-7-16(22)23)10(2)20-15(9)8-12-17-13(19)4-3-5-14(17)21-18(12)24/h3-5,8,20H,6-7H2,1-2H3,(H,21,24)(H,22,23)/b12-8-. The third kappa shape index (κ3) is 2.83. The molecule has 1 aliphatic rings. The Morgan fingerprint density at radius 3 is 2.79 bits per heavy atom. The Morgan fingerprint density at radius 1 is 1.33 bits per heavy atom. The van der Waals surface area contributed by atoms with Gasteiger partial charge in [-0.25, -0.2) is 0 Å². The van der Waals surface area contributed by atoms with E-state index in [0.717, 1.165) is 22.5 Å². The van der Waals surface area contributed by atoms with E-state index < -0.39 is 5.97 Å². The van der Waals surface area contributed by atoms with Crippen molar-refractivity contribution in [3.63, 3.8) is 0 Å². The van der Waals surface area contributed by atoms with Crippen molar-refractivity contribution in [3.05, 3.63) is 51.3 Å². The molecule has 0 saturated carbocycles. The van der Waals surface area contributed by atoms with Crippen LogP contribution in [0.25, 0.3) is 11.6 Å². The number of rotatable bonds is 4. The van der Waals surface area contributed by atoms with Gasteiger partial charge >= 0.3 is 5.97 Å². The van der Waals surface area contributed by atoms with Crippen LogP contribution in [0.3, 0.4) is 0 Å². The van der Waals surface area contributed by atoms with Gasteiger partial charge in [0.1, 0.15) is 0 Å². The number of hydrogen-bond donors (Lipinski definition) is 3. The molecule has 2 aromatic rings. The van der Waals surface area contributed by atoms with E-state index in [0.29, 0.717) is 28.3 Å². The first-order valence-electron chi connectivity index (χ1n) is 7.60. The number of hydrogen-bond acceptors (Lipinski definition) is 2. The van der Waals surface area contributed by atoms with E-state index in [4.69, 9.17) is 16.7 Å². The van der Waals surface area contributed by atoms with Gasteiger partial charge < -0.3 is 15.4 Å². The third-order valence-corrected chi connectivity index (χ3v) is 4.60. The monoisotopic (exact) mass is 344 g/mol. The number of benzene rings is 1. The number of aromatic amines is 1. The van der Waals surface area contributed by atoms with Crippen molar-refractivity contribution >= 4 is 40.8 Å². The lowest BCUT2D eigenvalue weighted by Gasteiger charge is -2.02. The average molecular weight is 345 g/mol. The zero-order valence-electron chi connectivity index (χ0n) is 13.4. The summed E-state index contributed by atoms with van der Waals surface area (Å²) >= 11 is 6.25. The number of aliphatic carboxylic acids is 1. The molecule has 1 aliphatic heterocycles. The van der Waals surface area contributed by atoms with E-state index in [9.17, 15) is 9.59 Å². The minimum atomic E-state index is -0.828. The first kappa shape index (κ1) is 16.3. The maximum atomic E-state index is 12.3. The predicted molar refractivity (Wildman–Crippen MR) is 94.2 cm³/mol. The van der Waals surface area contributed by atoms with Gasteiger partial charge in [-0.15, -0.1) is 0 Å². The summed E-state index contributed by atoms with van der Waals surface area (Å²) in [6.07, 6.45) is 2.31. The molecule has 1 aromatic carbocycles. The fourth-order valence-electron chi connectivity index (χ4n) is 3.05. The molecule has 0 unspecified atom stereocenters. The maximum absolute atomic E-state index is 12.3. The molecule has 24 heavy (non-hydrogen) atoms. The SMILES string of the molecule is Cc1[nH]c(/C=C2\C(=O)Nc3cccc(Cl)c32)c(C)c1CCC(=O)O. The summed E-state index contributed by atoms with van der Waals surface area (Å²) in [6.45, 7) is 3.83. The van der Waals surface area contributed by atoms with Crippen molar-refractivity contribution in [2.45, 2.75) is 26.7 Å². The highest BCUT2D eigenvalue weighted by atomic mass is 35.5. The number of nitrogens with one attached hydrogen (secondary N) is 2. The van der Waals surface area contributed by atoms with Gasteiger partial charge in [0.25, 0.3) is 5.91 Å². The Balaban J connectivity index is 2.03. The molecule has 3 rings (SSSR count). The predicted octanol–water partition coefficient (Wildman–Crippen LogP) is 3.79. The van der Waals surface area contributed by atoms with Crippen LogP contribution in [0.15, 0.2) is 18.2 Å². The van der Waals surface area contributed by atoms with E-state index in [2.05, 4.69) is 10.3 Å². The number of carbonyl (C=O) groups is 2. The molecule has 124 valence electrons. The molecule has 1 aromatic heterocycles. The molecule has 0 spiro atoms. The molecule has 0 aliphatic carbocycles. The van der Waals surface area contributed by atoms with Crippen LogP contribution in [0.1, 0.15) is 34.5 Å². The second-order valence-electron chi connectivity index (χ2n) is 5.84. The van der Waals surface area contributed by atoms with Gasteiger partial charge in [-0.2, -0.15) is 0 Å². The fraction of sp³-hybridized carbons (Fsp3) is 0.222. The zero-order valence-corrected chi connectivity index (χ0v) is 14.1. The Bertz CT molecular complexity index is 881. The van der Waals surface area contributed by atoms with E-state index in [1.54, 1.807) is 18.2 Å². The van der Waals surface area contributed by atoms with Gasteiger partial charge in [-0.3, -0.25) is 9.59 Å². The summed E-state index contributed by atoms with van der Waals surface area (Å²) in [5.74, 6) is -1.03. The van der Waals surface area contributed by atoms with Crippen LogP contribution in [0.5, 0.6) is 0 Å². The Hall–Kier alpha value is -2.53. The molecule has 2 heterocycles. The van der Waals surface area contributed by atoms with Crippen molar-refractivity contribution in [3.8, 4) is 0 Å². The van der Waals surface area contributed by atoms with Gasteiger partial charge in [0.05, 0.1) is 16.3 Å². The largest absolute Gasteiger partial charge is 0.481 e. The smallest absolute Gasteiger partial charge is 0.303 e. The molecule has 0 bridgehead atoms. The van der Waals surface area contributed by atoms with Crippen molar-refractivity contribution in [1.82, 2.24) is 4.98 Å². The average Bonchev–Trinajstić information content (AvgIpc) is 2.96. The summed E-state index contributed by atoms with van der Waals surface area (Å²) in [6, 6.07) is 5.35. The number of aromatic nitrogens is 1. The highest BCUT2D eigenvalue weighted by Crippen LogP contribution is 2.38. The fourth-order valence-corrected chi connectivity index (χ4v) is 3.33. The molecular formula is C18H17ClN2O3. The van der Waals surface area contributed by atoms with Crippen LogP contribution in [0, 0.1) is 13.8 Å². The normalized spacial score (nSPS) is 14.8. The molecule has 6 heteroatoms. The van der Waals surface area contributed by atoms with Crippen LogP contribution >= 0.6 is 11.6 Å². The highest BCUT2D eigenvalue weighted by Gasteiger charge is 2.27. The van der Waals surface area contributed by atoms with Crippen molar-refractivity contribution in [1.29, 1.82) is 0 Å². The van der Waals surface area contributed by atoms with Crippen LogP contribution in [-0.2, 0) is 16.0 Å². The second kappa shape index (κ2) is 6.17. The third-order valence-electron chi connectivity index (χ3n) is 4.28. The Labute approximate surface area is 144 Å². The van der Waals surface area contributed by atoms with E-state index in [1.807, 2.05) is 19.9 Å². The van der Waals surface area contributed by atoms with Gasteiger partial charge in [-0.1, -0.05) is 17.7 Å². The minimum Gasteiger partial charge on any atom is -0.481 e. The van der Waals surface area contributed by atoms with E-state index in [1.165, 1.54) is 0 Å². The lowest BCUT2D eigenvalue weighted by atomic mass is 10.0. The number of halogens is 1. The van der Waals surface area contributed by atoms with Gasteiger partial charge in [0, 0.05) is 23.4 Å². The number of carboxylic acids is 1. The first-order valence-corrected chi connectivity index (χ1v) is 7.98. The van der Waals surface area contributed by atoms with Crippen LogP contribution in [0.4, 0.5) is 5.69 Å². The number of aryl methyl sites for hydroxylation is 1. The summed E-state index contributed by atoms with van der Waals surface area (Å²) in [7, 11) is 0. The molecule has 3 N–H and O–H groups in total. The second-order valence-corrected chi connectivity index (χ2v) is 6.24. The molecule has 0 saturated heterocycles. The quantitative estimate of drug-likeness (QED) is 0.738. The summed E-state index contributed by atoms with van der Waals surface area (Å²) in [5.41, 5.74) is 5.54. The van der Waals surface area contributed by atoms with Gasteiger partial charge in [-0.05, 0) is 49.6 Å². The van der Waals surface area contributed by atoms with Gasteiger partial charge in [0.15, 0.2) is 0 Å². The topological polar surface area (TPSA) is 82.2 Å². The van der Waals surface area contributed by atoms with Crippen LogP contribution < -0.4 is 5.32 Å². The highest BCUT2D eigenvalue weighted by molar-refractivity contribution is 6.41. The van der Waals surface area contributed by atoms with Gasteiger partial charge in [0.2, 0.25) is 0 Å². The van der Waals surface area contributed by atoms with Crippen molar-refractivity contribution < 1.29 is 14.7 Å². The summed E-state index contributed by atoms with van der Waals surface area (Å²) in [5, 5.41) is 12.2. The van der Waals surface area contributed by atoms with Crippen molar-refractivity contribution in [2.75, 3.05) is 5.32 Å². The molecule has 0 fully saturated rings. The minimum absolute atomic E-state index is 0.0741. The number of carboxylic acid groups (broad SMARTS) is 1. The van der Waals surface area contributed by atoms with E-state index >= 15 is 0 Å². The molecule has 1 amide bonds. The zero-order chi connectivity index (χ0) is 17.4. The summed E-state index contributed by atoms with van der Waals surface area (Å²) in [4.78, 5) is 26.3. The maximum Gasteiger partial charge on any atom is 0.303 e. The number of amides is 1. The number of fused-ring (bicyclic) bond motifs is 1. The molecule has 0 radical (unpaired) electrons. The van der Waals surface area contributed by atoms with E-state index in [-0.39, 0.29) is 12.3 Å².